The summed E-state index contributed by atoms with van der Waals surface area (Å²) >= 11 is 12.1. The molecule has 128 valence electrons. The van der Waals surface area contributed by atoms with Gasteiger partial charge in [-0.1, -0.05) is 23.2 Å². The van der Waals surface area contributed by atoms with Gasteiger partial charge in [-0.2, -0.15) is 5.10 Å². The van der Waals surface area contributed by atoms with E-state index in [4.69, 9.17) is 23.2 Å². The summed E-state index contributed by atoms with van der Waals surface area (Å²) < 4.78 is 1.77. The molecule has 0 unspecified atom stereocenters. The predicted octanol–water partition coefficient (Wildman–Crippen LogP) is 2.69. The molecule has 1 amide bonds. The van der Waals surface area contributed by atoms with Crippen molar-refractivity contribution in [1.29, 1.82) is 0 Å². The standard InChI is InChI=1S/C17H20Cl2N4O/c1-22(9-11-3-13(18)5-14(19)4-11)17(24)16-8-20-7-15(16)12-6-21-23(2)10-12/h3-6,10,15-16,20H,7-9H2,1-2H3/t15-,16+/m1/s1. The molecular weight excluding hydrogens is 347 g/mol. The van der Waals surface area contributed by atoms with Gasteiger partial charge in [0.15, 0.2) is 0 Å². The van der Waals surface area contributed by atoms with Crippen LogP contribution >= 0.6 is 23.2 Å². The molecule has 1 aliphatic heterocycles. The maximum Gasteiger partial charge on any atom is 0.227 e. The molecule has 2 heterocycles. The molecule has 0 spiro atoms. The van der Waals surface area contributed by atoms with E-state index in [0.717, 1.165) is 17.7 Å². The number of benzene rings is 1. The Morgan fingerprint density at radius 3 is 2.67 bits per heavy atom. The van der Waals surface area contributed by atoms with Gasteiger partial charge >= 0.3 is 0 Å². The van der Waals surface area contributed by atoms with Gasteiger partial charge in [0.1, 0.15) is 0 Å². The molecule has 2 atom stereocenters. The number of amides is 1. The van der Waals surface area contributed by atoms with Crippen molar-refractivity contribution in [2.45, 2.75) is 12.5 Å². The van der Waals surface area contributed by atoms with Crippen LogP contribution in [0.15, 0.2) is 30.6 Å². The van der Waals surface area contributed by atoms with Crippen LogP contribution in [0.4, 0.5) is 0 Å². The highest BCUT2D eigenvalue weighted by atomic mass is 35.5. The van der Waals surface area contributed by atoms with Gasteiger partial charge in [-0.25, -0.2) is 0 Å². The van der Waals surface area contributed by atoms with Gasteiger partial charge in [0.05, 0.1) is 12.1 Å². The zero-order chi connectivity index (χ0) is 17.3. The van der Waals surface area contributed by atoms with Gasteiger partial charge in [0.25, 0.3) is 0 Å². The molecular formula is C17H20Cl2N4O. The Bertz CT molecular complexity index is 726. The minimum atomic E-state index is -0.0890. The second kappa shape index (κ2) is 7.13. The van der Waals surface area contributed by atoms with Gasteiger partial charge in [-0.05, 0) is 29.3 Å². The monoisotopic (exact) mass is 366 g/mol. The minimum Gasteiger partial charge on any atom is -0.341 e. The Hall–Kier alpha value is -1.56. The van der Waals surface area contributed by atoms with E-state index < -0.39 is 0 Å². The number of rotatable bonds is 4. The van der Waals surface area contributed by atoms with E-state index in [-0.39, 0.29) is 17.7 Å². The smallest absolute Gasteiger partial charge is 0.227 e. The summed E-state index contributed by atoms with van der Waals surface area (Å²) in [6, 6.07) is 5.36. The van der Waals surface area contributed by atoms with Crippen LogP contribution in [0.3, 0.4) is 0 Å². The average molecular weight is 367 g/mol. The molecule has 0 aliphatic carbocycles. The van der Waals surface area contributed by atoms with E-state index in [1.54, 1.807) is 15.6 Å². The van der Waals surface area contributed by atoms with Crippen LogP contribution in [0.2, 0.25) is 10.0 Å². The summed E-state index contributed by atoms with van der Waals surface area (Å²) in [4.78, 5) is 14.6. The molecule has 0 radical (unpaired) electrons. The molecule has 3 rings (SSSR count). The fraction of sp³-hybridized carbons (Fsp3) is 0.412. The lowest BCUT2D eigenvalue weighted by molar-refractivity contribution is -0.134. The number of aryl methyl sites for hydroxylation is 1. The Morgan fingerprint density at radius 2 is 2.04 bits per heavy atom. The molecule has 1 aliphatic rings. The summed E-state index contributed by atoms with van der Waals surface area (Å²) in [7, 11) is 3.70. The van der Waals surface area contributed by atoms with Crippen molar-refractivity contribution < 1.29 is 4.79 Å². The minimum absolute atomic E-state index is 0.0890. The van der Waals surface area contributed by atoms with Crippen molar-refractivity contribution in [2.24, 2.45) is 13.0 Å². The number of aromatic nitrogens is 2. The highest BCUT2D eigenvalue weighted by Gasteiger charge is 2.36. The Labute approximate surface area is 151 Å². The lowest BCUT2D eigenvalue weighted by atomic mass is 9.90. The number of hydrogen-bond donors (Lipinski definition) is 1. The zero-order valence-electron chi connectivity index (χ0n) is 13.7. The van der Waals surface area contributed by atoms with E-state index in [0.29, 0.717) is 23.1 Å². The third-order valence-corrected chi connectivity index (χ3v) is 4.84. The van der Waals surface area contributed by atoms with E-state index >= 15 is 0 Å². The van der Waals surface area contributed by atoms with Crippen molar-refractivity contribution in [2.75, 3.05) is 20.1 Å². The summed E-state index contributed by atoms with van der Waals surface area (Å²) in [6.07, 6.45) is 3.82. The van der Waals surface area contributed by atoms with Gasteiger partial charge in [0, 0.05) is 55.9 Å². The van der Waals surface area contributed by atoms with Gasteiger partial charge < -0.3 is 10.2 Å². The zero-order valence-corrected chi connectivity index (χ0v) is 15.2. The van der Waals surface area contributed by atoms with E-state index in [1.165, 1.54) is 0 Å². The first-order chi connectivity index (χ1) is 11.4. The first kappa shape index (κ1) is 17.3. The van der Waals surface area contributed by atoms with Gasteiger partial charge in [-0.15, -0.1) is 0 Å². The maximum atomic E-state index is 12.9. The number of carbonyl (C=O) groups excluding carboxylic acids is 1. The van der Waals surface area contributed by atoms with Gasteiger partial charge in [0.2, 0.25) is 5.91 Å². The topological polar surface area (TPSA) is 50.2 Å². The van der Waals surface area contributed by atoms with Crippen LogP contribution in [0.25, 0.3) is 0 Å². The molecule has 2 aromatic rings. The summed E-state index contributed by atoms with van der Waals surface area (Å²) in [5.74, 6) is 0.176. The predicted molar refractivity (Wildman–Crippen MR) is 95.2 cm³/mol. The Kier molecular flexibility index (Phi) is 5.13. The second-order valence-electron chi connectivity index (χ2n) is 6.29. The lowest BCUT2D eigenvalue weighted by Gasteiger charge is -2.24. The Morgan fingerprint density at radius 1 is 1.33 bits per heavy atom. The van der Waals surface area contributed by atoms with Crippen LogP contribution in [0.5, 0.6) is 0 Å². The van der Waals surface area contributed by atoms with Gasteiger partial charge in [-0.3, -0.25) is 9.48 Å². The molecule has 1 fully saturated rings. The second-order valence-corrected chi connectivity index (χ2v) is 7.16. The fourth-order valence-corrected chi connectivity index (χ4v) is 3.83. The first-order valence-corrected chi connectivity index (χ1v) is 8.59. The number of nitrogens with zero attached hydrogens (tertiary/aromatic N) is 3. The van der Waals surface area contributed by atoms with Crippen LogP contribution in [-0.4, -0.2) is 40.7 Å². The summed E-state index contributed by atoms with van der Waals surface area (Å²) in [5, 5.41) is 8.70. The Balaban J connectivity index is 1.72. The van der Waals surface area contributed by atoms with Crippen LogP contribution in [0, 0.1) is 5.92 Å². The number of carbonyl (C=O) groups is 1. The molecule has 1 aromatic carbocycles. The fourth-order valence-electron chi connectivity index (χ4n) is 3.26. The molecule has 24 heavy (non-hydrogen) atoms. The van der Waals surface area contributed by atoms with Crippen molar-refractivity contribution in [3.05, 3.63) is 51.8 Å². The normalized spacial score (nSPS) is 20.3. The summed E-state index contributed by atoms with van der Waals surface area (Å²) in [5.41, 5.74) is 2.02. The largest absolute Gasteiger partial charge is 0.341 e. The molecule has 1 N–H and O–H groups in total. The molecule has 0 saturated carbocycles. The van der Waals surface area contributed by atoms with Crippen LogP contribution < -0.4 is 5.32 Å². The number of nitrogens with one attached hydrogen (secondary N) is 1. The van der Waals surface area contributed by atoms with Crippen molar-refractivity contribution in [3.8, 4) is 0 Å². The van der Waals surface area contributed by atoms with Crippen molar-refractivity contribution in [3.63, 3.8) is 0 Å². The third kappa shape index (κ3) is 3.74. The highest BCUT2D eigenvalue weighted by molar-refractivity contribution is 6.34. The number of hydrogen-bond acceptors (Lipinski definition) is 3. The molecule has 1 aromatic heterocycles. The third-order valence-electron chi connectivity index (χ3n) is 4.40. The number of halogens is 2. The van der Waals surface area contributed by atoms with Crippen molar-refractivity contribution >= 4 is 29.1 Å². The van der Waals surface area contributed by atoms with Crippen molar-refractivity contribution in [1.82, 2.24) is 20.0 Å². The first-order valence-electron chi connectivity index (χ1n) is 7.83. The van der Waals surface area contributed by atoms with Crippen LogP contribution in [0.1, 0.15) is 17.0 Å². The maximum absolute atomic E-state index is 12.9. The molecule has 1 saturated heterocycles. The molecule has 7 heteroatoms. The van der Waals surface area contributed by atoms with E-state index in [1.807, 2.05) is 38.6 Å². The van der Waals surface area contributed by atoms with Crippen LogP contribution in [-0.2, 0) is 18.4 Å². The SMILES string of the molecule is CN(Cc1cc(Cl)cc(Cl)c1)C(=O)[C@H]1CNC[C@@H]1c1cnn(C)c1. The van der Waals surface area contributed by atoms with E-state index in [2.05, 4.69) is 10.4 Å². The highest BCUT2D eigenvalue weighted by Crippen LogP contribution is 2.29. The van der Waals surface area contributed by atoms with E-state index in [9.17, 15) is 4.79 Å². The average Bonchev–Trinajstić information content (AvgIpc) is 3.13. The summed E-state index contributed by atoms with van der Waals surface area (Å²) in [6.45, 7) is 1.95. The quantitative estimate of drug-likeness (QED) is 0.904. The lowest BCUT2D eigenvalue weighted by Crippen LogP contribution is -2.35. The molecule has 5 nitrogen and oxygen atoms in total. The molecule has 0 bridgehead atoms.